The summed E-state index contributed by atoms with van der Waals surface area (Å²) in [4.78, 5) is 35.0. The van der Waals surface area contributed by atoms with Gasteiger partial charge in [-0.3, -0.25) is 14.4 Å². The fraction of sp³-hybridized carbons (Fsp3) is 0.438. The van der Waals surface area contributed by atoms with E-state index in [0.29, 0.717) is 17.3 Å². The van der Waals surface area contributed by atoms with E-state index < -0.39 is 12.1 Å². The Labute approximate surface area is 150 Å². The summed E-state index contributed by atoms with van der Waals surface area (Å²) < 4.78 is 5.00. The molecular formula is C16H21ClN2O4S. The molecule has 0 bridgehead atoms. The topological polar surface area (TPSA) is 84.5 Å². The molecule has 0 aromatic heterocycles. The third-order valence-corrected chi connectivity index (χ3v) is 3.97. The van der Waals surface area contributed by atoms with Crippen LogP contribution < -0.4 is 10.6 Å². The monoisotopic (exact) mass is 372 g/mol. The molecule has 1 aromatic carbocycles. The Morgan fingerprint density at radius 3 is 2.50 bits per heavy atom. The SMILES string of the molecule is CCCNC(=O)[C@H](C)OC(=O)CSCC(=O)Nc1ccc(Cl)cc1. The molecule has 0 aliphatic rings. The summed E-state index contributed by atoms with van der Waals surface area (Å²) in [5.41, 5.74) is 0.633. The molecule has 0 saturated heterocycles. The molecule has 1 rings (SSSR count). The van der Waals surface area contributed by atoms with Gasteiger partial charge in [0.05, 0.1) is 11.5 Å². The van der Waals surface area contributed by atoms with Crippen LogP contribution in [0.5, 0.6) is 0 Å². The van der Waals surface area contributed by atoms with Crippen molar-refractivity contribution in [2.75, 3.05) is 23.4 Å². The lowest BCUT2D eigenvalue weighted by Gasteiger charge is -2.13. The van der Waals surface area contributed by atoms with Crippen LogP contribution in [0.25, 0.3) is 0 Å². The molecule has 1 atom stereocenters. The normalized spacial score (nSPS) is 11.5. The van der Waals surface area contributed by atoms with Crippen molar-refractivity contribution in [1.29, 1.82) is 0 Å². The molecule has 0 saturated carbocycles. The van der Waals surface area contributed by atoms with E-state index in [0.717, 1.165) is 18.2 Å². The van der Waals surface area contributed by atoms with Crippen LogP contribution in [-0.4, -0.2) is 41.9 Å². The van der Waals surface area contributed by atoms with Crippen LogP contribution >= 0.6 is 23.4 Å². The Bertz CT molecular complexity index is 566. The van der Waals surface area contributed by atoms with Gasteiger partial charge in [0.2, 0.25) is 5.91 Å². The van der Waals surface area contributed by atoms with Crippen molar-refractivity contribution < 1.29 is 19.1 Å². The standard InChI is InChI=1S/C16H21ClN2O4S/c1-3-8-18-16(22)11(2)23-15(21)10-24-9-14(20)19-13-6-4-12(17)5-7-13/h4-7,11H,3,8-10H2,1-2H3,(H,18,22)(H,19,20)/t11-/m0/s1. The molecule has 1 aromatic rings. The third-order valence-electron chi connectivity index (χ3n) is 2.81. The quantitative estimate of drug-likeness (QED) is 0.650. The summed E-state index contributed by atoms with van der Waals surface area (Å²) >= 11 is 6.88. The molecule has 0 unspecified atom stereocenters. The minimum absolute atomic E-state index is 0.000560. The minimum Gasteiger partial charge on any atom is -0.452 e. The van der Waals surface area contributed by atoms with E-state index in [1.807, 2.05) is 6.92 Å². The molecular weight excluding hydrogens is 352 g/mol. The Balaban J connectivity index is 2.23. The predicted molar refractivity (Wildman–Crippen MR) is 96.3 cm³/mol. The Morgan fingerprint density at radius 2 is 1.88 bits per heavy atom. The molecule has 6 nitrogen and oxygen atoms in total. The zero-order valence-electron chi connectivity index (χ0n) is 13.6. The van der Waals surface area contributed by atoms with Gasteiger partial charge in [0.15, 0.2) is 6.10 Å². The number of hydrogen-bond acceptors (Lipinski definition) is 5. The maximum Gasteiger partial charge on any atom is 0.316 e. The summed E-state index contributed by atoms with van der Waals surface area (Å²) in [5.74, 6) is -0.980. The van der Waals surface area contributed by atoms with Crippen LogP contribution in [0.3, 0.4) is 0 Å². The first kappa shape index (κ1) is 20.3. The first-order valence-corrected chi connectivity index (χ1v) is 9.06. The van der Waals surface area contributed by atoms with E-state index in [9.17, 15) is 14.4 Å². The number of nitrogens with one attached hydrogen (secondary N) is 2. The lowest BCUT2D eigenvalue weighted by Crippen LogP contribution is -2.36. The number of rotatable bonds is 9. The van der Waals surface area contributed by atoms with Crippen molar-refractivity contribution in [2.24, 2.45) is 0 Å². The van der Waals surface area contributed by atoms with Gasteiger partial charge in [0, 0.05) is 17.3 Å². The highest BCUT2D eigenvalue weighted by atomic mass is 35.5. The highest BCUT2D eigenvalue weighted by Gasteiger charge is 2.17. The number of hydrogen-bond donors (Lipinski definition) is 2. The van der Waals surface area contributed by atoms with E-state index in [2.05, 4.69) is 10.6 Å². The molecule has 0 aliphatic carbocycles. The van der Waals surface area contributed by atoms with Crippen LogP contribution in [0.4, 0.5) is 5.69 Å². The highest BCUT2D eigenvalue weighted by molar-refractivity contribution is 8.00. The van der Waals surface area contributed by atoms with Gasteiger partial charge in [-0.25, -0.2) is 0 Å². The average molecular weight is 373 g/mol. The van der Waals surface area contributed by atoms with Gasteiger partial charge in [-0.1, -0.05) is 18.5 Å². The molecule has 8 heteroatoms. The summed E-state index contributed by atoms with van der Waals surface area (Å²) in [5, 5.41) is 5.92. The number of anilines is 1. The van der Waals surface area contributed by atoms with Gasteiger partial charge in [-0.15, -0.1) is 11.8 Å². The van der Waals surface area contributed by atoms with Crippen molar-refractivity contribution in [1.82, 2.24) is 5.32 Å². The minimum atomic E-state index is -0.840. The lowest BCUT2D eigenvalue weighted by molar-refractivity contribution is -0.152. The average Bonchev–Trinajstić information content (AvgIpc) is 2.54. The molecule has 24 heavy (non-hydrogen) atoms. The zero-order chi connectivity index (χ0) is 17.9. The van der Waals surface area contributed by atoms with Gasteiger partial charge < -0.3 is 15.4 Å². The van der Waals surface area contributed by atoms with Gasteiger partial charge in [-0.05, 0) is 37.6 Å². The Hall–Kier alpha value is -1.73. The second-order valence-electron chi connectivity index (χ2n) is 4.97. The van der Waals surface area contributed by atoms with E-state index in [1.54, 1.807) is 24.3 Å². The molecule has 0 radical (unpaired) electrons. The van der Waals surface area contributed by atoms with Crippen LogP contribution in [0.15, 0.2) is 24.3 Å². The maximum absolute atomic E-state index is 11.7. The highest BCUT2D eigenvalue weighted by Crippen LogP contribution is 2.14. The smallest absolute Gasteiger partial charge is 0.316 e. The van der Waals surface area contributed by atoms with Crippen molar-refractivity contribution in [3.63, 3.8) is 0 Å². The number of carbonyl (C=O) groups excluding carboxylic acids is 3. The van der Waals surface area contributed by atoms with Crippen molar-refractivity contribution >= 4 is 46.8 Å². The van der Waals surface area contributed by atoms with Crippen molar-refractivity contribution in [3.05, 3.63) is 29.3 Å². The predicted octanol–water partition coefficient (Wildman–Crippen LogP) is 2.47. The van der Waals surface area contributed by atoms with Crippen LogP contribution in [0.2, 0.25) is 5.02 Å². The van der Waals surface area contributed by atoms with E-state index >= 15 is 0 Å². The van der Waals surface area contributed by atoms with Crippen LogP contribution in [0, 0.1) is 0 Å². The third kappa shape index (κ3) is 8.21. The van der Waals surface area contributed by atoms with Crippen LogP contribution in [0.1, 0.15) is 20.3 Å². The summed E-state index contributed by atoms with van der Waals surface area (Å²) in [6, 6.07) is 6.73. The Kier molecular flexibility index (Phi) is 9.26. The fourth-order valence-electron chi connectivity index (χ4n) is 1.63. The first-order valence-electron chi connectivity index (χ1n) is 7.52. The molecule has 0 fully saturated rings. The van der Waals surface area contributed by atoms with E-state index in [1.165, 1.54) is 6.92 Å². The number of carbonyl (C=O) groups is 3. The largest absolute Gasteiger partial charge is 0.452 e. The van der Waals surface area contributed by atoms with Crippen molar-refractivity contribution in [2.45, 2.75) is 26.4 Å². The van der Waals surface area contributed by atoms with Gasteiger partial charge in [0.1, 0.15) is 0 Å². The molecule has 0 aliphatic heterocycles. The lowest BCUT2D eigenvalue weighted by atomic mass is 10.3. The number of halogens is 1. The number of thioether (sulfide) groups is 1. The Morgan fingerprint density at radius 1 is 1.21 bits per heavy atom. The van der Waals surface area contributed by atoms with E-state index in [-0.39, 0.29) is 23.3 Å². The molecule has 132 valence electrons. The van der Waals surface area contributed by atoms with Crippen molar-refractivity contribution in [3.8, 4) is 0 Å². The second kappa shape index (κ2) is 10.9. The molecule has 2 amide bonds. The summed E-state index contributed by atoms with van der Waals surface area (Å²) in [6.45, 7) is 3.99. The van der Waals surface area contributed by atoms with Gasteiger partial charge in [0.25, 0.3) is 5.91 Å². The maximum atomic E-state index is 11.7. The second-order valence-corrected chi connectivity index (χ2v) is 6.39. The molecule has 0 heterocycles. The number of esters is 1. The van der Waals surface area contributed by atoms with E-state index in [4.69, 9.17) is 16.3 Å². The number of benzene rings is 1. The fourth-order valence-corrected chi connectivity index (χ4v) is 2.35. The molecule has 0 spiro atoms. The zero-order valence-corrected chi connectivity index (χ0v) is 15.2. The molecule has 2 N–H and O–H groups in total. The number of amides is 2. The number of ether oxygens (including phenoxy) is 1. The summed E-state index contributed by atoms with van der Waals surface area (Å²) in [7, 11) is 0. The summed E-state index contributed by atoms with van der Waals surface area (Å²) in [6.07, 6.45) is -0.0297. The first-order chi connectivity index (χ1) is 11.4. The van der Waals surface area contributed by atoms with Gasteiger partial charge >= 0.3 is 5.97 Å². The van der Waals surface area contributed by atoms with Crippen LogP contribution in [-0.2, 0) is 19.1 Å². The van der Waals surface area contributed by atoms with Gasteiger partial charge in [-0.2, -0.15) is 0 Å².